The highest BCUT2D eigenvalue weighted by Gasteiger charge is 2.41. The fraction of sp³-hybridized carbons (Fsp3) is 0.355. The number of benzene rings is 2. The van der Waals surface area contributed by atoms with E-state index in [0.717, 1.165) is 12.1 Å². The molecule has 11 nitrogen and oxygen atoms in total. The summed E-state index contributed by atoms with van der Waals surface area (Å²) < 4.78 is 38.3. The van der Waals surface area contributed by atoms with E-state index in [1.54, 1.807) is 22.1 Å². The molecule has 3 aromatic rings. The Hall–Kier alpha value is -4.20. The van der Waals surface area contributed by atoms with Crippen LogP contribution in [0, 0.1) is 11.6 Å². The van der Waals surface area contributed by atoms with Crippen LogP contribution in [0.3, 0.4) is 0 Å². The number of likely N-dealkylation sites (tertiary alicyclic amines) is 1. The molecule has 5 rings (SSSR count). The van der Waals surface area contributed by atoms with Crippen molar-refractivity contribution in [2.75, 3.05) is 63.1 Å². The van der Waals surface area contributed by atoms with E-state index in [1.807, 2.05) is 25.1 Å². The van der Waals surface area contributed by atoms with Gasteiger partial charge in [0.25, 0.3) is 0 Å². The fourth-order valence-corrected chi connectivity index (χ4v) is 6.07. The summed E-state index contributed by atoms with van der Waals surface area (Å²) in [4.78, 5) is 43.0. The van der Waals surface area contributed by atoms with E-state index >= 15 is 0 Å². The summed E-state index contributed by atoms with van der Waals surface area (Å²) in [5.74, 6) is -1.18. The van der Waals surface area contributed by atoms with Gasteiger partial charge in [-0.15, -0.1) is 0 Å². The lowest BCUT2D eigenvalue weighted by Crippen LogP contribution is -2.55. The Bertz CT molecular complexity index is 1640. The van der Waals surface area contributed by atoms with Crippen molar-refractivity contribution in [1.29, 1.82) is 0 Å². The number of halogens is 4. The Morgan fingerprint density at radius 1 is 1.09 bits per heavy atom. The molecule has 2 aromatic carbocycles. The molecule has 2 aliphatic rings. The van der Waals surface area contributed by atoms with Crippen molar-refractivity contribution in [1.82, 2.24) is 19.8 Å². The number of hydrogen-bond donors (Lipinski definition) is 1. The number of anilines is 4. The summed E-state index contributed by atoms with van der Waals surface area (Å²) >= 11 is 13.5. The van der Waals surface area contributed by atoms with Crippen molar-refractivity contribution in [2.45, 2.75) is 25.4 Å². The number of nitrogens with one attached hydrogen (secondary N) is 1. The number of rotatable bonds is 9. The molecule has 0 unspecified atom stereocenters. The van der Waals surface area contributed by atoms with Gasteiger partial charge in [0.1, 0.15) is 27.4 Å². The number of amides is 3. The van der Waals surface area contributed by atoms with Crippen LogP contribution in [0.25, 0.3) is 0 Å². The zero-order valence-electron chi connectivity index (χ0n) is 25.7. The Kier molecular flexibility index (Phi) is 10.1. The minimum Gasteiger partial charge on any atom is -0.495 e. The number of hydrogen-bond acceptors (Lipinski definition) is 8. The molecule has 0 radical (unpaired) electrons. The summed E-state index contributed by atoms with van der Waals surface area (Å²) in [6, 6.07) is 4.05. The van der Waals surface area contributed by atoms with Gasteiger partial charge in [0.2, 0.25) is 11.9 Å². The highest BCUT2D eigenvalue weighted by Crippen LogP contribution is 2.48. The quantitative estimate of drug-likeness (QED) is 0.281. The van der Waals surface area contributed by atoms with Crippen LogP contribution in [-0.2, 0) is 11.3 Å². The number of urea groups is 1. The molecule has 244 valence electrons. The van der Waals surface area contributed by atoms with E-state index in [4.69, 9.17) is 32.7 Å². The van der Waals surface area contributed by atoms with Crippen molar-refractivity contribution >= 4 is 58.3 Å². The molecule has 2 aliphatic heterocycles. The molecule has 0 bridgehead atoms. The van der Waals surface area contributed by atoms with Crippen LogP contribution in [0.5, 0.6) is 11.5 Å². The second-order valence-electron chi connectivity index (χ2n) is 11.0. The highest BCUT2D eigenvalue weighted by molar-refractivity contribution is 6.42. The number of ether oxygens (including phenoxy) is 2. The van der Waals surface area contributed by atoms with Gasteiger partial charge in [-0.3, -0.25) is 14.6 Å². The Morgan fingerprint density at radius 3 is 2.37 bits per heavy atom. The summed E-state index contributed by atoms with van der Waals surface area (Å²) in [5, 5.41) is 3.12. The van der Waals surface area contributed by atoms with E-state index in [2.05, 4.69) is 15.3 Å². The second kappa shape index (κ2) is 14.1. The van der Waals surface area contributed by atoms with Gasteiger partial charge in [0.15, 0.2) is 11.6 Å². The first-order chi connectivity index (χ1) is 22.0. The molecule has 3 heterocycles. The number of carbonyl (C=O) groups is 2. The van der Waals surface area contributed by atoms with Crippen LogP contribution in [0.2, 0.25) is 10.0 Å². The third kappa shape index (κ3) is 6.81. The number of nitrogens with zero attached hydrogens (tertiary/aromatic N) is 6. The predicted molar refractivity (Wildman–Crippen MR) is 173 cm³/mol. The average Bonchev–Trinajstić information content (AvgIpc) is 3.03. The van der Waals surface area contributed by atoms with Crippen molar-refractivity contribution in [2.24, 2.45) is 0 Å². The zero-order valence-corrected chi connectivity index (χ0v) is 27.2. The third-order valence-electron chi connectivity index (χ3n) is 7.70. The molecule has 15 heteroatoms. The first kappa shape index (κ1) is 33.2. The molecule has 1 N–H and O–H groups in total. The van der Waals surface area contributed by atoms with Crippen LogP contribution in [-0.4, -0.2) is 85.7 Å². The van der Waals surface area contributed by atoms with Crippen LogP contribution in [0.15, 0.2) is 42.6 Å². The second-order valence-corrected chi connectivity index (χ2v) is 11.8. The Balaban J connectivity index is 1.51. The van der Waals surface area contributed by atoms with E-state index in [9.17, 15) is 18.4 Å². The standard InChI is InChI=1S/C31H33Cl2F2N7O4/c1-39(2)11-5-6-25(43)40-12-9-20(10-13-40)42-29-18(16-36-30(38-29)37-19-7-8-21(34)22(35)14-19)17-41(31(42)44)28-26(32)23(45-3)15-24(46-4)27(28)33/h5-8,14-16,20H,9-13,17H2,1-4H3,(H,36,37,38). The van der Waals surface area contributed by atoms with Gasteiger partial charge in [-0.05, 0) is 39.1 Å². The van der Waals surface area contributed by atoms with Gasteiger partial charge in [-0.1, -0.05) is 29.3 Å². The lowest BCUT2D eigenvalue weighted by Gasteiger charge is -2.43. The molecular formula is C31H33Cl2F2N7O4. The van der Waals surface area contributed by atoms with Crippen molar-refractivity contribution in [3.05, 3.63) is 69.9 Å². The van der Waals surface area contributed by atoms with Gasteiger partial charge >= 0.3 is 6.03 Å². The molecule has 1 aromatic heterocycles. The van der Waals surface area contributed by atoms with Gasteiger partial charge in [0.05, 0.1) is 26.5 Å². The van der Waals surface area contributed by atoms with E-state index in [1.165, 1.54) is 31.3 Å². The SMILES string of the molecule is COc1cc(OC)c(Cl)c(N2Cc3cnc(Nc4ccc(F)c(F)c4)nc3N(C3CCN(C(=O)C=CCN(C)C)CC3)C2=O)c1Cl. The molecule has 0 aliphatic carbocycles. The summed E-state index contributed by atoms with van der Waals surface area (Å²) in [6.45, 7) is 1.47. The number of methoxy groups -OCH3 is 2. The normalized spacial score (nSPS) is 15.5. The number of fused-ring (bicyclic) bond motifs is 1. The minimum atomic E-state index is -1.03. The molecule has 0 atom stereocenters. The Labute approximate surface area is 275 Å². The number of piperidine rings is 1. The van der Waals surface area contributed by atoms with Crippen molar-refractivity contribution < 1.29 is 27.8 Å². The molecular weight excluding hydrogens is 643 g/mol. The maximum atomic E-state index is 14.4. The maximum absolute atomic E-state index is 14.4. The monoisotopic (exact) mass is 675 g/mol. The van der Waals surface area contributed by atoms with Crippen LogP contribution < -0.4 is 24.6 Å². The largest absolute Gasteiger partial charge is 0.495 e. The van der Waals surface area contributed by atoms with Crippen LogP contribution >= 0.6 is 23.2 Å². The van der Waals surface area contributed by atoms with Gasteiger partial charge < -0.3 is 24.6 Å². The number of likely N-dealkylation sites (N-methyl/N-ethyl adjacent to an activating group) is 1. The summed E-state index contributed by atoms with van der Waals surface area (Å²) in [7, 11) is 6.72. The number of aromatic nitrogens is 2. The fourth-order valence-electron chi connectivity index (χ4n) is 5.37. The Morgan fingerprint density at radius 2 is 1.76 bits per heavy atom. The lowest BCUT2D eigenvalue weighted by molar-refractivity contribution is -0.127. The smallest absolute Gasteiger partial charge is 0.330 e. The van der Waals surface area contributed by atoms with Gasteiger partial charge in [-0.25, -0.2) is 18.6 Å². The summed E-state index contributed by atoms with van der Waals surface area (Å²) in [6.07, 6.45) is 5.85. The topological polar surface area (TPSA) is 103 Å². The number of carbonyl (C=O) groups excluding carboxylic acids is 2. The maximum Gasteiger partial charge on any atom is 0.330 e. The zero-order chi connectivity index (χ0) is 33.1. The van der Waals surface area contributed by atoms with Crippen molar-refractivity contribution in [3.63, 3.8) is 0 Å². The molecule has 3 amide bonds. The predicted octanol–water partition coefficient (Wildman–Crippen LogP) is 5.88. The highest BCUT2D eigenvalue weighted by atomic mass is 35.5. The van der Waals surface area contributed by atoms with E-state index in [0.29, 0.717) is 43.9 Å². The minimum absolute atomic E-state index is 0.0138. The van der Waals surface area contributed by atoms with E-state index < -0.39 is 17.7 Å². The van der Waals surface area contributed by atoms with Crippen molar-refractivity contribution in [3.8, 4) is 11.5 Å². The van der Waals surface area contributed by atoms with Crippen LogP contribution in [0.4, 0.5) is 36.7 Å². The van der Waals surface area contributed by atoms with Gasteiger partial charge in [0, 0.05) is 61.3 Å². The average molecular weight is 677 g/mol. The van der Waals surface area contributed by atoms with E-state index in [-0.39, 0.29) is 57.4 Å². The van der Waals surface area contributed by atoms with Gasteiger partial charge in [-0.2, -0.15) is 4.98 Å². The molecule has 0 saturated carbocycles. The van der Waals surface area contributed by atoms with Crippen LogP contribution in [0.1, 0.15) is 18.4 Å². The third-order valence-corrected chi connectivity index (χ3v) is 8.43. The summed E-state index contributed by atoms with van der Waals surface area (Å²) in [5.41, 5.74) is 1.00. The molecule has 46 heavy (non-hydrogen) atoms. The molecule has 0 spiro atoms. The lowest BCUT2D eigenvalue weighted by atomic mass is 10.0. The molecule has 1 fully saturated rings. The first-order valence-corrected chi connectivity index (χ1v) is 15.2. The first-order valence-electron chi connectivity index (χ1n) is 14.4. The molecule has 1 saturated heterocycles.